The first kappa shape index (κ1) is 10.2. The molecule has 15 heavy (non-hydrogen) atoms. The highest BCUT2D eigenvalue weighted by Crippen LogP contribution is 2.28. The summed E-state index contributed by atoms with van der Waals surface area (Å²) >= 11 is 0. The van der Waals surface area contributed by atoms with Gasteiger partial charge in [0.15, 0.2) is 0 Å². The van der Waals surface area contributed by atoms with Gasteiger partial charge in [-0.25, -0.2) is 0 Å². The number of fused-ring (bicyclic) bond motifs is 1. The van der Waals surface area contributed by atoms with Crippen LogP contribution in [-0.4, -0.2) is 17.6 Å². The lowest BCUT2D eigenvalue weighted by molar-refractivity contribution is -0.141. The van der Waals surface area contributed by atoms with Crippen molar-refractivity contribution < 1.29 is 9.53 Å². The van der Waals surface area contributed by atoms with E-state index in [4.69, 9.17) is 5.73 Å². The SMILES string of the molecule is COC(=O)Cn1ccc2c1CCCC2N. The van der Waals surface area contributed by atoms with Crippen molar-refractivity contribution in [1.82, 2.24) is 4.57 Å². The number of methoxy groups -OCH3 is 1. The molecular weight excluding hydrogens is 192 g/mol. The van der Waals surface area contributed by atoms with E-state index in [1.54, 1.807) is 0 Å². The zero-order valence-corrected chi connectivity index (χ0v) is 8.90. The average molecular weight is 208 g/mol. The Morgan fingerprint density at radius 3 is 3.27 bits per heavy atom. The maximum Gasteiger partial charge on any atom is 0.325 e. The minimum absolute atomic E-state index is 0.132. The van der Waals surface area contributed by atoms with Gasteiger partial charge < -0.3 is 15.0 Å². The highest BCUT2D eigenvalue weighted by atomic mass is 16.5. The fourth-order valence-electron chi connectivity index (χ4n) is 2.14. The molecule has 0 saturated carbocycles. The second kappa shape index (κ2) is 4.06. The molecule has 0 amide bonds. The first-order chi connectivity index (χ1) is 7.22. The van der Waals surface area contributed by atoms with Crippen LogP contribution in [0.1, 0.15) is 30.1 Å². The summed E-state index contributed by atoms with van der Waals surface area (Å²) in [6, 6.07) is 2.15. The lowest BCUT2D eigenvalue weighted by Gasteiger charge is -2.20. The van der Waals surface area contributed by atoms with Crippen LogP contribution in [0.25, 0.3) is 0 Å². The van der Waals surface area contributed by atoms with Crippen molar-refractivity contribution in [3.05, 3.63) is 23.5 Å². The number of esters is 1. The van der Waals surface area contributed by atoms with Crippen molar-refractivity contribution in [2.45, 2.75) is 31.8 Å². The Morgan fingerprint density at radius 1 is 1.73 bits per heavy atom. The zero-order valence-electron chi connectivity index (χ0n) is 8.90. The summed E-state index contributed by atoms with van der Waals surface area (Å²) < 4.78 is 6.59. The number of aromatic nitrogens is 1. The summed E-state index contributed by atoms with van der Waals surface area (Å²) in [5, 5.41) is 0. The van der Waals surface area contributed by atoms with Gasteiger partial charge in [-0.15, -0.1) is 0 Å². The van der Waals surface area contributed by atoms with Crippen LogP contribution in [0.15, 0.2) is 12.3 Å². The third-order valence-corrected chi connectivity index (χ3v) is 2.97. The molecule has 0 aromatic carbocycles. The number of rotatable bonds is 2. The first-order valence-electron chi connectivity index (χ1n) is 5.22. The maximum atomic E-state index is 11.2. The molecule has 82 valence electrons. The molecule has 4 nitrogen and oxygen atoms in total. The largest absolute Gasteiger partial charge is 0.468 e. The summed E-state index contributed by atoms with van der Waals surface area (Å²) in [6.45, 7) is 0.290. The lowest BCUT2D eigenvalue weighted by atomic mass is 9.94. The van der Waals surface area contributed by atoms with Crippen LogP contribution < -0.4 is 5.73 Å². The fourth-order valence-corrected chi connectivity index (χ4v) is 2.14. The molecule has 0 fully saturated rings. The third kappa shape index (κ3) is 1.90. The number of nitrogens with two attached hydrogens (primary N) is 1. The molecule has 1 aromatic heterocycles. The first-order valence-corrected chi connectivity index (χ1v) is 5.22. The number of carbonyl (C=O) groups is 1. The Labute approximate surface area is 89.0 Å². The Hall–Kier alpha value is -1.29. The summed E-state index contributed by atoms with van der Waals surface area (Å²) in [7, 11) is 1.41. The molecule has 0 radical (unpaired) electrons. The maximum absolute atomic E-state index is 11.2. The zero-order chi connectivity index (χ0) is 10.8. The van der Waals surface area contributed by atoms with Crippen LogP contribution in [-0.2, 0) is 22.5 Å². The minimum atomic E-state index is -0.215. The van der Waals surface area contributed by atoms with E-state index in [9.17, 15) is 4.79 Å². The van der Waals surface area contributed by atoms with Crippen molar-refractivity contribution >= 4 is 5.97 Å². The molecule has 0 saturated heterocycles. The van der Waals surface area contributed by atoms with Crippen LogP contribution in [0.2, 0.25) is 0 Å². The van der Waals surface area contributed by atoms with Crippen molar-refractivity contribution in [1.29, 1.82) is 0 Å². The van der Waals surface area contributed by atoms with Gasteiger partial charge in [0.2, 0.25) is 0 Å². The topological polar surface area (TPSA) is 57.2 Å². The highest BCUT2D eigenvalue weighted by Gasteiger charge is 2.20. The van der Waals surface area contributed by atoms with Gasteiger partial charge in [0.1, 0.15) is 6.54 Å². The van der Waals surface area contributed by atoms with E-state index in [-0.39, 0.29) is 12.0 Å². The minimum Gasteiger partial charge on any atom is -0.468 e. The summed E-state index contributed by atoms with van der Waals surface area (Å²) in [4.78, 5) is 11.2. The Morgan fingerprint density at radius 2 is 2.53 bits per heavy atom. The highest BCUT2D eigenvalue weighted by molar-refractivity contribution is 5.69. The Kier molecular flexibility index (Phi) is 2.77. The van der Waals surface area contributed by atoms with E-state index < -0.39 is 0 Å². The van der Waals surface area contributed by atoms with E-state index >= 15 is 0 Å². The van der Waals surface area contributed by atoms with Gasteiger partial charge in [-0.05, 0) is 30.9 Å². The van der Waals surface area contributed by atoms with Gasteiger partial charge in [0.05, 0.1) is 7.11 Å². The van der Waals surface area contributed by atoms with Crippen LogP contribution in [0.4, 0.5) is 0 Å². The lowest BCUT2D eigenvalue weighted by Crippen LogP contribution is -2.20. The Balaban J connectivity index is 2.23. The van der Waals surface area contributed by atoms with E-state index in [2.05, 4.69) is 4.74 Å². The standard InChI is InChI=1S/C11H16N2O2/c1-15-11(14)7-13-6-5-8-9(12)3-2-4-10(8)13/h5-6,9H,2-4,7,12H2,1H3. The Bertz CT molecular complexity index is 371. The fraction of sp³-hybridized carbons (Fsp3) is 0.545. The van der Waals surface area contributed by atoms with Crippen molar-refractivity contribution in [3.8, 4) is 0 Å². The van der Waals surface area contributed by atoms with E-state index in [1.165, 1.54) is 18.4 Å². The quantitative estimate of drug-likeness (QED) is 0.737. The summed E-state index contributed by atoms with van der Waals surface area (Å²) in [5.41, 5.74) is 8.37. The molecule has 2 rings (SSSR count). The van der Waals surface area contributed by atoms with Crippen LogP contribution in [0.3, 0.4) is 0 Å². The molecule has 0 spiro atoms. The number of carbonyl (C=O) groups excluding carboxylic acids is 1. The van der Waals surface area contributed by atoms with Crippen LogP contribution in [0.5, 0.6) is 0 Å². The van der Waals surface area contributed by atoms with Gasteiger partial charge in [-0.2, -0.15) is 0 Å². The van der Waals surface area contributed by atoms with Crippen molar-refractivity contribution in [2.75, 3.05) is 7.11 Å². The number of hydrogen-bond donors (Lipinski definition) is 1. The molecule has 1 aliphatic rings. The van der Waals surface area contributed by atoms with Gasteiger partial charge in [-0.3, -0.25) is 4.79 Å². The second-order valence-corrected chi connectivity index (χ2v) is 3.92. The van der Waals surface area contributed by atoms with E-state index in [1.807, 2.05) is 16.8 Å². The smallest absolute Gasteiger partial charge is 0.325 e. The molecule has 2 N–H and O–H groups in total. The van der Waals surface area contributed by atoms with Gasteiger partial charge in [-0.1, -0.05) is 0 Å². The number of ether oxygens (including phenoxy) is 1. The van der Waals surface area contributed by atoms with E-state index in [0.29, 0.717) is 6.54 Å². The van der Waals surface area contributed by atoms with Crippen LogP contribution >= 0.6 is 0 Å². The average Bonchev–Trinajstić information content (AvgIpc) is 2.63. The predicted octanol–water partition coefficient (Wildman–Crippen LogP) is 0.997. The molecule has 1 aliphatic carbocycles. The van der Waals surface area contributed by atoms with Gasteiger partial charge in [0, 0.05) is 17.9 Å². The molecule has 1 heterocycles. The summed E-state index contributed by atoms with van der Waals surface area (Å²) in [6.07, 6.45) is 5.06. The second-order valence-electron chi connectivity index (χ2n) is 3.92. The molecule has 0 bridgehead atoms. The molecular formula is C11H16N2O2. The third-order valence-electron chi connectivity index (χ3n) is 2.97. The molecule has 1 aromatic rings. The molecule has 0 aliphatic heterocycles. The monoisotopic (exact) mass is 208 g/mol. The van der Waals surface area contributed by atoms with Crippen molar-refractivity contribution in [2.24, 2.45) is 5.73 Å². The van der Waals surface area contributed by atoms with Gasteiger partial charge >= 0.3 is 5.97 Å². The predicted molar refractivity (Wildman–Crippen MR) is 56.3 cm³/mol. The molecule has 4 heteroatoms. The molecule has 1 unspecified atom stereocenters. The van der Waals surface area contributed by atoms with Crippen molar-refractivity contribution in [3.63, 3.8) is 0 Å². The van der Waals surface area contributed by atoms with Gasteiger partial charge in [0.25, 0.3) is 0 Å². The number of hydrogen-bond acceptors (Lipinski definition) is 3. The van der Waals surface area contributed by atoms with E-state index in [0.717, 1.165) is 19.3 Å². The van der Waals surface area contributed by atoms with Crippen LogP contribution in [0, 0.1) is 0 Å². The molecule has 1 atom stereocenters. The summed E-state index contributed by atoms with van der Waals surface area (Å²) in [5.74, 6) is -0.215. The normalized spacial score (nSPS) is 19.7. The number of nitrogens with zero attached hydrogens (tertiary/aromatic N) is 1.